The van der Waals surface area contributed by atoms with Gasteiger partial charge < -0.3 is 21.0 Å². The van der Waals surface area contributed by atoms with Gasteiger partial charge in [0.15, 0.2) is 0 Å². The average molecular weight is 527 g/mol. The molecule has 0 aromatic rings. The number of amides is 2. The number of hydrogen-bond acceptors (Lipinski definition) is 8. The van der Waals surface area contributed by atoms with Crippen LogP contribution in [0.25, 0.3) is 0 Å². The minimum Gasteiger partial charge on any atom is -0.353 e. The third-order valence-electron chi connectivity index (χ3n) is 6.09. The van der Waals surface area contributed by atoms with Gasteiger partial charge in [-0.25, -0.2) is 0 Å². The van der Waals surface area contributed by atoms with Crippen LogP contribution < -0.4 is 10.6 Å². The van der Waals surface area contributed by atoms with E-state index in [1.807, 2.05) is 55.4 Å². The summed E-state index contributed by atoms with van der Waals surface area (Å²) in [6.45, 7) is 19.0. The molecule has 12 nitrogen and oxygen atoms in total. The van der Waals surface area contributed by atoms with E-state index < -0.39 is 10.4 Å². The first kappa shape index (κ1) is 33.7. The number of hydroxylamine groups is 4. The van der Waals surface area contributed by atoms with Crippen LogP contribution in [0.2, 0.25) is 0 Å². The Morgan fingerprint density at radius 2 is 0.829 bits per heavy atom. The standard InChI is InChI=1S/2C11H22N2O2.H2O4S/c2*1-8(14)12-9-6-10(2,3)13(15)11(4,5)7-9;1-5(2,3)4/h2*9,15H,6-7H2,1-5H3,(H,12,14);(H2,1,2,3,4). The maximum absolute atomic E-state index is 11.0. The number of hydrogen-bond donors (Lipinski definition) is 6. The van der Waals surface area contributed by atoms with Gasteiger partial charge in [-0.15, -0.1) is 0 Å². The van der Waals surface area contributed by atoms with Crippen molar-refractivity contribution in [2.45, 2.75) is 129 Å². The van der Waals surface area contributed by atoms with Crippen LogP contribution in [-0.4, -0.2) is 84.1 Å². The Bertz CT molecular complexity index is 744. The summed E-state index contributed by atoms with van der Waals surface area (Å²) in [5, 5.41) is 28.8. The van der Waals surface area contributed by atoms with Gasteiger partial charge in [-0.1, -0.05) is 0 Å². The van der Waals surface area contributed by atoms with Gasteiger partial charge in [0, 0.05) is 48.1 Å². The molecule has 0 radical (unpaired) electrons. The van der Waals surface area contributed by atoms with Gasteiger partial charge in [0.05, 0.1) is 0 Å². The molecule has 0 aliphatic carbocycles. The lowest BCUT2D eigenvalue weighted by Crippen LogP contribution is -2.62. The van der Waals surface area contributed by atoms with Crippen molar-refractivity contribution in [2.24, 2.45) is 0 Å². The highest BCUT2D eigenvalue weighted by atomic mass is 32.3. The molecule has 6 N–H and O–H groups in total. The van der Waals surface area contributed by atoms with Crippen LogP contribution in [0.15, 0.2) is 0 Å². The van der Waals surface area contributed by atoms with Crippen molar-refractivity contribution in [3.63, 3.8) is 0 Å². The van der Waals surface area contributed by atoms with Gasteiger partial charge in [0.2, 0.25) is 11.8 Å². The summed E-state index contributed by atoms with van der Waals surface area (Å²) in [6.07, 6.45) is 3.08. The summed E-state index contributed by atoms with van der Waals surface area (Å²) >= 11 is 0. The molecule has 2 rings (SSSR count). The largest absolute Gasteiger partial charge is 0.394 e. The predicted molar refractivity (Wildman–Crippen MR) is 131 cm³/mol. The van der Waals surface area contributed by atoms with Crippen LogP contribution in [0.3, 0.4) is 0 Å². The average Bonchev–Trinajstić information content (AvgIpc) is 2.54. The quantitative estimate of drug-likeness (QED) is 0.292. The summed E-state index contributed by atoms with van der Waals surface area (Å²) in [7, 11) is -4.67. The van der Waals surface area contributed by atoms with E-state index in [0.29, 0.717) is 0 Å². The molecular formula is C22H46N4O8S. The lowest BCUT2D eigenvalue weighted by molar-refractivity contribution is -0.246. The number of nitrogens with zero attached hydrogens (tertiary/aromatic N) is 2. The molecule has 0 unspecified atom stereocenters. The summed E-state index contributed by atoms with van der Waals surface area (Å²) < 4.78 is 31.6. The molecule has 0 spiro atoms. The zero-order valence-corrected chi connectivity index (χ0v) is 23.5. The van der Waals surface area contributed by atoms with Crippen LogP contribution in [0.4, 0.5) is 0 Å². The molecule has 0 atom stereocenters. The normalized spacial score (nSPS) is 24.2. The zero-order chi connectivity index (χ0) is 28.2. The molecule has 0 aromatic heterocycles. The lowest BCUT2D eigenvalue weighted by atomic mass is 9.79. The Morgan fingerprint density at radius 1 is 0.657 bits per heavy atom. The Morgan fingerprint density at radius 3 is 0.971 bits per heavy atom. The molecule has 2 amide bonds. The van der Waals surface area contributed by atoms with Gasteiger partial charge in [0.25, 0.3) is 0 Å². The maximum Gasteiger partial charge on any atom is 0.394 e. The summed E-state index contributed by atoms with van der Waals surface area (Å²) in [5.41, 5.74) is -1.19. The molecule has 13 heteroatoms. The maximum atomic E-state index is 11.0. The van der Waals surface area contributed by atoms with Crippen LogP contribution in [0.5, 0.6) is 0 Å². The molecule has 0 saturated carbocycles. The van der Waals surface area contributed by atoms with E-state index in [1.165, 1.54) is 24.0 Å². The fourth-order valence-electron chi connectivity index (χ4n) is 5.32. The van der Waals surface area contributed by atoms with Gasteiger partial charge in [-0.2, -0.15) is 18.5 Å². The predicted octanol–water partition coefficient (Wildman–Crippen LogP) is 2.41. The van der Waals surface area contributed by atoms with E-state index in [0.717, 1.165) is 25.7 Å². The second-order valence-corrected chi connectivity index (χ2v) is 12.8. The number of carbonyl (C=O) groups is 2. The topological polar surface area (TPSA) is 180 Å². The Kier molecular flexibility index (Phi) is 11.3. The van der Waals surface area contributed by atoms with Gasteiger partial charge >= 0.3 is 10.4 Å². The molecule has 0 aromatic carbocycles. The zero-order valence-electron chi connectivity index (χ0n) is 22.7. The van der Waals surface area contributed by atoms with E-state index >= 15 is 0 Å². The summed E-state index contributed by atoms with van der Waals surface area (Å²) in [6, 6.07) is 0.298. The van der Waals surface area contributed by atoms with E-state index in [2.05, 4.69) is 10.6 Å². The van der Waals surface area contributed by atoms with Crippen molar-refractivity contribution in [1.29, 1.82) is 0 Å². The molecule has 35 heavy (non-hydrogen) atoms. The van der Waals surface area contributed by atoms with Crippen LogP contribution in [0.1, 0.15) is 94.9 Å². The Labute approximate surface area is 209 Å². The van der Waals surface area contributed by atoms with Crippen molar-refractivity contribution >= 4 is 22.2 Å². The fourth-order valence-corrected chi connectivity index (χ4v) is 5.32. The third-order valence-corrected chi connectivity index (χ3v) is 6.09. The summed E-state index contributed by atoms with van der Waals surface area (Å²) in [5.74, 6) is -0.00372. The molecule has 2 aliphatic rings. The number of rotatable bonds is 2. The van der Waals surface area contributed by atoms with E-state index in [4.69, 9.17) is 17.5 Å². The van der Waals surface area contributed by atoms with Gasteiger partial charge in [-0.05, 0) is 81.1 Å². The highest BCUT2D eigenvalue weighted by molar-refractivity contribution is 7.79. The van der Waals surface area contributed by atoms with Crippen LogP contribution in [-0.2, 0) is 20.0 Å². The monoisotopic (exact) mass is 526 g/mol. The third kappa shape index (κ3) is 12.0. The first-order valence-corrected chi connectivity index (χ1v) is 12.9. The van der Waals surface area contributed by atoms with E-state index in [-0.39, 0.29) is 46.1 Å². The molecule has 0 bridgehead atoms. The summed E-state index contributed by atoms with van der Waals surface area (Å²) in [4.78, 5) is 22.1. The fraction of sp³-hybridized carbons (Fsp3) is 0.909. The van der Waals surface area contributed by atoms with Crippen molar-refractivity contribution < 1.29 is 37.5 Å². The molecular weight excluding hydrogens is 480 g/mol. The molecule has 2 heterocycles. The minimum absolute atomic E-state index is 0.00186. The number of nitrogens with one attached hydrogen (secondary N) is 2. The minimum atomic E-state index is -4.67. The lowest BCUT2D eigenvalue weighted by Gasteiger charge is -2.51. The van der Waals surface area contributed by atoms with Crippen molar-refractivity contribution in [2.75, 3.05) is 0 Å². The van der Waals surface area contributed by atoms with Gasteiger partial charge in [-0.3, -0.25) is 18.7 Å². The van der Waals surface area contributed by atoms with Crippen LogP contribution >= 0.6 is 0 Å². The van der Waals surface area contributed by atoms with Crippen LogP contribution in [0, 0.1) is 0 Å². The smallest absolute Gasteiger partial charge is 0.353 e. The second-order valence-electron chi connectivity index (χ2n) is 11.9. The Hall–Kier alpha value is -1.35. The first-order valence-electron chi connectivity index (χ1n) is 11.5. The SMILES string of the molecule is CC(=O)NC1CC(C)(C)N(O)C(C)(C)C1.CC(=O)NC1CC(C)(C)N(O)C(C)(C)C1.O=S(=O)(O)O. The highest BCUT2D eigenvalue weighted by Crippen LogP contribution is 2.37. The van der Waals surface area contributed by atoms with Crippen molar-refractivity contribution in [3.8, 4) is 0 Å². The molecule has 208 valence electrons. The van der Waals surface area contributed by atoms with Gasteiger partial charge in [0.1, 0.15) is 0 Å². The first-order chi connectivity index (χ1) is 15.3. The van der Waals surface area contributed by atoms with Crippen molar-refractivity contribution in [3.05, 3.63) is 0 Å². The molecule has 2 saturated heterocycles. The highest BCUT2D eigenvalue weighted by Gasteiger charge is 2.46. The molecule has 2 fully saturated rings. The number of piperidine rings is 2. The van der Waals surface area contributed by atoms with E-state index in [1.54, 1.807) is 0 Å². The number of carbonyl (C=O) groups excluding carboxylic acids is 2. The van der Waals surface area contributed by atoms with E-state index in [9.17, 15) is 20.0 Å². The molecule has 2 aliphatic heterocycles. The van der Waals surface area contributed by atoms with Crippen molar-refractivity contribution in [1.82, 2.24) is 20.8 Å². The Balaban J connectivity index is 0.000000555. The second kappa shape index (κ2) is 11.8.